The molecule has 0 amide bonds. The summed E-state index contributed by atoms with van der Waals surface area (Å²) in [6.45, 7) is 5.85. The molecule has 6 nitrogen and oxygen atoms in total. The van der Waals surface area contributed by atoms with E-state index >= 15 is 0 Å². The Morgan fingerprint density at radius 3 is 2.79 bits per heavy atom. The Morgan fingerprint density at radius 1 is 1.32 bits per heavy atom. The number of aryl methyl sites for hydroxylation is 3. The third-order valence-electron chi connectivity index (χ3n) is 2.96. The largest absolute Gasteiger partial charge is 0.478 e. The molecule has 0 atom stereocenters. The molecular formula is C13H21N5O. The van der Waals surface area contributed by atoms with Gasteiger partial charge in [-0.1, -0.05) is 6.92 Å². The number of nitrogens with one attached hydrogen (secondary N) is 1. The van der Waals surface area contributed by atoms with Crippen LogP contribution in [0.3, 0.4) is 0 Å². The molecule has 0 bridgehead atoms. The monoisotopic (exact) mass is 263 g/mol. The van der Waals surface area contributed by atoms with Crippen molar-refractivity contribution in [1.82, 2.24) is 19.6 Å². The lowest BCUT2D eigenvalue weighted by Gasteiger charge is -2.04. The van der Waals surface area contributed by atoms with E-state index in [9.17, 15) is 0 Å². The molecule has 0 aromatic carbocycles. The fraction of sp³-hybridized carbons (Fsp3) is 0.538. The number of ether oxygens (including phenoxy) is 1. The molecule has 0 spiro atoms. The minimum Gasteiger partial charge on any atom is -0.478 e. The van der Waals surface area contributed by atoms with Crippen molar-refractivity contribution in [3.8, 4) is 5.88 Å². The van der Waals surface area contributed by atoms with Crippen LogP contribution in [0.1, 0.15) is 24.6 Å². The quantitative estimate of drug-likeness (QED) is 0.865. The highest BCUT2D eigenvalue weighted by Crippen LogP contribution is 2.22. The fourth-order valence-electron chi connectivity index (χ4n) is 2.01. The highest BCUT2D eigenvalue weighted by Gasteiger charge is 2.09. The molecule has 2 rings (SSSR count). The Kier molecular flexibility index (Phi) is 4.09. The maximum atomic E-state index is 5.21. The van der Waals surface area contributed by atoms with E-state index in [4.69, 9.17) is 4.74 Å². The van der Waals surface area contributed by atoms with Crippen molar-refractivity contribution >= 4 is 5.69 Å². The van der Waals surface area contributed by atoms with Crippen molar-refractivity contribution in [1.29, 1.82) is 0 Å². The number of aromatic nitrogens is 4. The van der Waals surface area contributed by atoms with Gasteiger partial charge in [-0.3, -0.25) is 9.36 Å². The van der Waals surface area contributed by atoms with E-state index < -0.39 is 0 Å². The van der Waals surface area contributed by atoms with Crippen molar-refractivity contribution < 1.29 is 4.74 Å². The molecule has 2 aromatic rings. The topological polar surface area (TPSA) is 56.9 Å². The molecule has 0 aliphatic rings. The zero-order valence-corrected chi connectivity index (χ0v) is 12.0. The van der Waals surface area contributed by atoms with Crippen molar-refractivity contribution in [2.45, 2.75) is 33.4 Å². The molecule has 1 N–H and O–H groups in total. The van der Waals surface area contributed by atoms with E-state index in [1.165, 1.54) is 5.56 Å². The summed E-state index contributed by atoms with van der Waals surface area (Å²) in [7, 11) is 3.50. The average molecular weight is 263 g/mol. The van der Waals surface area contributed by atoms with Gasteiger partial charge in [-0.05, 0) is 13.3 Å². The van der Waals surface area contributed by atoms with Gasteiger partial charge >= 0.3 is 0 Å². The minimum atomic E-state index is 0.612. The molecule has 0 radical (unpaired) electrons. The predicted octanol–water partition coefficient (Wildman–Crippen LogP) is 1.96. The summed E-state index contributed by atoms with van der Waals surface area (Å²) in [6.07, 6.45) is 5.09. The number of rotatable bonds is 6. The summed E-state index contributed by atoms with van der Waals surface area (Å²) in [6, 6.07) is 0. The van der Waals surface area contributed by atoms with Crippen molar-refractivity contribution in [2.75, 3.05) is 12.4 Å². The van der Waals surface area contributed by atoms with E-state index in [1.807, 2.05) is 24.9 Å². The predicted molar refractivity (Wildman–Crippen MR) is 74.3 cm³/mol. The van der Waals surface area contributed by atoms with E-state index in [0.717, 1.165) is 30.9 Å². The Morgan fingerprint density at radius 2 is 2.11 bits per heavy atom. The van der Waals surface area contributed by atoms with Crippen LogP contribution in [-0.2, 0) is 20.1 Å². The van der Waals surface area contributed by atoms with Gasteiger partial charge in [0.05, 0.1) is 19.0 Å². The van der Waals surface area contributed by atoms with Gasteiger partial charge in [0.1, 0.15) is 5.69 Å². The zero-order valence-electron chi connectivity index (χ0n) is 12.0. The maximum absolute atomic E-state index is 5.21. The number of nitrogens with zero attached hydrogens (tertiary/aromatic N) is 4. The fourth-order valence-corrected chi connectivity index (χ4v) is 2.01. The molecule has 19 heavy (non-hydrogen) atoms. The van der Waals surface area contributed by atoms with Crippen LogP contribution in [0.5, 0.6) is 5.88 Å². The molecule has 2 heterocycles. The van der Waals surface area contributed by atoms with Crippen LogP contribution < -0.4 is 10.1 Å². The van der Waals surface area contributed by atoms with Gasteiger partial charge in [-0.25, -0.2) is 0 Å². The van der Waals surface area contributed by atoms with E-state index in [-0.39, 0.29) is 0 Å². The van der Waals surface area contributed by atoms with E-state index in [0.29, 0.717) is 5.88 Å². The SMILES string of the molecule is CCCn1cc(CNc2cn(C)nc2OC)c(C)n1. The number of anilines is 1. The number of hydrogen-bond acceptors (Lipinski definition) is 4. The van der Waals surface area contributed by atoms with E-state index in [2.05, 4.69) is 28.6 Å². The molecule has 0 aliphatic carbocycles. The Hall–Kier alpha value is -1.98. The van der Waals surface area contributed by atoms with Crippen LogP contribution in [0.4, 0.5) is 5.69 Å². The smallest absolute Gasteiger partial charge is 0.256 e. The molecule has 0 aliphatic heterocycles. The Balaban J connectivity index is 2.05. The summed E-state index contributed by atoms with van der Waals surface area (Å²) >= 11 is 0. The molecule has 0 saturated heterocycles. The molecule has 0 unspecified atom stereocenters. The first kappa shape index (κ1) is 13.5. The summed E-state index contributed by atoms with van der Waals surface area (Å²) in [5.41, 5.74) is 3.15. The van der Waals surface area contributed by atoms with Crippen LogP contribution >= 0.6 is 0 Å². The highest BCUT2D eigenvalue weighted by molar-refractivity contribution is 5.51. The zero-order chi connectivity index (χ0) is 13.8. The second-order valence-corrected chi connectivity index (χ2v) is 4.58. The van der Waals surface area contributed by atoms with Gasteiger partial charge < -0.3 is 10.1 Å². The highest BCUT2D eigenvalue weighted by atomic mass is 16.5. The second-order valence-electron chi connectivity index (χ2n) is 4.58. The standard InChI is InChI=1S/C13H21N5O/c1-5-6-18-8-11(10(2)15-18)7-14-12-9-17(3)16-13(12)19-4/h8-9,14H,5-7H2,1-4H3. The van der Waals surface area contributed by atoms with Gasteiger partial charge in [0.25, 0.3) is 5.88 Å². The number of methoxy groups -OCH3 is 1. The van der Waals surface area contributed by atoms with Gasteiger partial charge in [-0.15, -0.1) is 5.10 Å². The maximum Gasteiger partial charge on any atom is 0.256 e. The Bertz CT molecular complexity index is 543. The second kappa shape index (κ2) is 5.77. The Labute approximate surface area is 113 Å². The lowest BCUT2D eigenvalue weighted by molar-refractivity contribution is 0.393. The lowest BCUT2D eigenvalue weighted by Crippen LogP contribution is -2.00. The third-order valence-corrected chi connectivity index (χ3v) is 2.96. The summed E-state index contributed by atoms with van der Waals surface area (Å²) in [5, 5.41) is 12.0. The van der Waals surface area contributed by atoms with Gasteiger partial charge in [-0.2, -0.15) is 5.10 Å². The molecule has 104 valence electrons. The molecule has 0 fully saturated rings. The first-order chi connectivity index (χ1) is 9.13. The van der Waals surface area contributed by atoms with Crippen molar-refractivity contribution in [3.05, 3.63) is 23.7 Å². The minimum absolute atomic E-state index is 0.612. The van der Waals surface area contributed by atoms with Crippen LogP contribution in [0, 0.1) is 6.92 Å². The molecule has 0 saturated carbocycles. The summed E-state index contributed by atoms with van der Waals surface area (Å²) in [5.74, 6) is 0.612. The van der Waals surface area contributed by atoms with Crippen LogP contribution in [0.2, 0.25) is 0 Å². The molecule has 2 aromatic heterocycles. The van der Waals surface area contributed by atoms with Gasteiger partial charge in [0.15, 0.2) is 0 Å². The first-order valence-corrected chi connectivity index (χ1v) is 6.48. The molecule has 6 heteroatoms. The average Bonchev–Trinajstić information content (AvgIpc) is 2.90. The van der Waals surface area contributed by atoms with E-state index in [1.54, 1.807) is 11.8 Å². The summed E-state index contributed by atoms with van der Waals surface area (Å²) < 4.78 is 8.94. The van der Waals surface area contributed by atoms with Crippen LogP contribution in [-0.4, -0.2) is 26.7 Å². The first-order valence-electron chi connectivity index (χ1n) is 6.48. The van der Waals surface area contributed by atoms with Gasteiger partial charge in [0, 0.05) is 31.9 Å². The van der Waals surface area contributed by atoms with Crippen LogP contribution in [0.15, 0.2) is 12.4 Å². The van der Waals surface area contributed by atoms with Crippen molar-refractivity contribution in [2.24, 2.45) is 7.05 Å². The third kappa shape index (κ3) is 3.07. The summed E-state index contributed by atoms with van der Waals surface area (Å²) in [4.78, 5) is 0. The molecular weight excluding hydrogens is 242 g/mol. The van der Waals surface area contributed by atoms with Crippen LogP contribution in [0.25, 0.3) is 0 Å². The van der Waals surface area contributed by atoms with Crippen molar-refractivity contribution in [3.63, 3.8) is 0 Å². The van der Waals surface area contributed by atoms with Gasteiger partial charge in [0.2, 0.25) is 0 Å². The lowest BCUT2D eigenvalue weighted by atomic mass is 10.2. The normalized spacial score (nSPS) is 10.7. The number of hydrogen-bond donors (Lipinski definition) is 1.